The number of benzene rings is 2. The van der Waals surface area contributed by atoms with Crippen LogP contribution in [-0.4, -0.2) is 47.0 Å². The number of hydrogen-bond donors (Lipinski definition) is 2. The Bertz CT molecular complexity index is 1100. The Morgan fingerprint density at radius 3 is 2.19 bits per heavy atom. The van der Waals surface area contributed by atoms with Crippen LogP contribution in [0.15, 0.2) is 42.5 Å². The number of fused-ring (bicyclic) bond motifs is 1. The molecule has 1 saturated heterocycles. The lowest BCUT2D eigenvalue weighted by atomic mass is 9.68. The SMILES string of the molecule is Cc1ccccc1[C@H]1[C@@H]2CN(C(=O)O)C[C@H]2CC[C@@H]1O[C@@H](CO)c1cc(C(F)(F)F)cc(C(F)(F)F)c1. The highest BCUT2D eigenvalue weighted by atomic mass is 19.4. The molecule has 5 nitrogen and oxygen atoms in total. The van der Waals surface area contributed by atoms with E-state index in [0.717, 1.165) is 11.1 Å². The number of likely N-dealkylation sites (tertiary alicyclic amines) is 1. The van der Waals surface area contributed by atoms with Gasteiger partial charge in [0.25, 0.3) is 0 Å². The Morgan fingerprint density at radius 1 is 1.03 bits per heavy atom. The molecule has 5 atom stereocenters. The van der Waals surface area contributed by atoms with Gasteiger partial charge in [0.05, 0.1) is 23.8 Å². The monoisotopic (exact) mass is 531 g/mol. The number of carboxylic acid groups (broad SMARTS) is 1. The van der Waals surface area contributed by atoms with Gasteiger partial charge in [-0.05, 0) is 66.5 Å². The van der Waals surface area contributed by atoms with Crippen LogP contribution in [0.5, 0.6) is 0 Å². The molecule has 1 aliphatic carbocycles. The third kappa shape index (κ3) is 5.72. The highest BCUT2D eigenvalue weighted by Crippen LogP contribution is 2.48. The summed E-state index contributed by atoms with van der Waals surface area (Å²) in [6, 6.07) is 8.61. The molecular formula is C26H27F6NO4. The predicted octanol–water partition coefficient (Wildman–Crippen LogP) is 6.25. The fourth-order valence-electron chi connectivity index (χ4n) is 5.75. The summed E-state index contributed by atoms with van der Waals surface area (Å²) in [5.41, 5.74) is -1.59. The van der Waals surface area contributed by atoms with Crippen LogP contribution in [0.4, 0.5) is 31.1 Å². The quantitative estimate of drug-likeness (QED) is 0.448. The Balaban J connectivity index is 1.71. The predicted molar refractivity (Wildman–Crippen MR) is 121 cm³/mol. The largest absolute Gasteiger partial charge is 0.465 e. The number of rotatable bonds is 5. The number of alkyl halides is 6. The van der Waals surface area contributed by atoms with Crippen molar-refractivity contribution in [2.45, 2.75) is 50.2 Å². The van der Waals surface area contributed by atoms with E-state index in [0.29, 0.717) is 31.5 Å². The third-order valence-corrected chi connectivity index (χ3v) is 7.48. The van der Waals surface area contributed by atoms with Gasteiger partial charge in [0.15, 0.2) is 0 Å². The van der Waals surface area contributed by atoms with Crippen LogP contribution in [-0.2, 0) is 17.1 Å². The van der Waals surface area contributed by atoms with E-state index in [4.69, 9.17) is 4.74 Å². The Labute approximate surface area is 209 Å². The topological polar surface area (TPSA) is 70.0 Å². The summed E-state index contributed by atoms with van der Waals surface area (Å²) < 4.78 is 86.6. The molecule has 1 amide bonds. The van der Waals surface area contributed by atoms with Crippen LogP contribution < -0.4 is 0 Å². The van der Waals surface area contributed by atoms with E-state index in [9.17, 15) is 41.4 Å². The smallest absolute Gasteiger partial charge is 0.416 e. The van der Waals surface area contributed by atoms with Crippen molar-refractivity contribution in [3.05, 3.63) is 70.3 Å². The lowest BCUT2D eigenvalue weighted by Crippen LogP contribution is -2.39. The molecule has 11 heteroatoms. The van der Waals surface area contributed by atoms with Gasteiger partial charge < -0.3 is 19.8 Å². The Kier molecular flexibility index (Phi) is 7.49. The number of aliphatic hydroxyl groups is 1. The summed E-state index contributed by atoms with van der Waals surface area (Å²) in [6.45, 7) is 1.64. The molecule has 0 aromatic heterocycles. The minimum atomic E-state index is -5.03. The second-order valence-corrected chi connectivity index (χ2v) is 9.76. The van der Waals surface area contributed by atoms with Crippen molar-refractivity contribution in [2.75, 3.05) is 19.7 Å². The van der Waals surface area contributed by atoms with Crippen molar-refractivity contribution in [2.24, 2.45) is 11.8 Å². The molecule has 2 fully saturated rings. The molecule has 1 aliphatic heterocycles. The molecule has 2 aromatic rings. The van der Waals surface area contributed by atoms with Gasteiger partial charge in [-0.2, -0.15) is 26.3 Å². The van der Waals surface area contributed by atoms with E-state index in [2.05, 4.69) is 0 Å². The lowest BCUT2D eigenvalue weighted by molar-refractivity contribution is -0.143. The summed E-state index contributed by atoms with van der Waals surface area (Å²) in [7, 11) is 0. The van der Waals surface area contributed by atoms with Crippen molar-refractivity contribution < 1.29 is 46.1 Å². The maximum atomic E-state index is 13.4. The van der Waals surface area contributed by atoms with E-state index in [1.807, 2.05) is 31.2 Å². The fraction of sp³-hybridized carbons (Fsp3) is 0.500. The first-order valence-corrected chi connectivity index (χ1v) is 11.9. The standard InChI is InChI=1S/C26H27F6NO4/c1-14-4-2-3-5-19(14)23-20-12-33(24(35)36)11-15(20)6-7-21(23)37-22(13-34)16-8-17(25(27,28)29)10-18(9-16)26(30,31)32/h2-5,8-10,15,20-23,34H,6-7,11-13H2,1H3,(H,35,36)/t15-,20-,21+,22+,23+/m1/s1. The van der Waals surface area contributed by atoms with Gasteiger partial charge in [-0.3, -0.25) is 0 Å². The van der Waals surface area contributed by atoms with Crippen LogP contribution in [0.3, 0.4) is 0 Å². The summed E-state index contributed by atoms with van der Waals surface area (Å²) >= 11 is 0. The molecule has 1 saturated carbocycles. The van der Waals surface area contributed by atoms with E-state index >= 15 is 0 Å². The van der Waals surface area contributed by atoms with Gasteiger partial charge in [-0.1, -0.05) is 24.3 Å². The minimum Gasteiger partial charge on any atom is -0.465 e. The first-order valence-electron chi connectivity index (χ1n) is 11.9. The van der Waals surface area contributed by atoms with Crippen molar-refractivity contribution >= 4 is 6.09 Å². The third-order valence-electron chi connectivity index (χ3n) is 7.48. The molecule has 4 rings (SSSR count). The van der Waals surface area contributed by atoms with Gasteiger partial charge >= 0.3 is 18.4 Å². The number of nitrogens with zero attached hydrogens (tertiary/aromatic N) is 1. The zero-order chi connectivity index (χ0) is 27.1. The van der Waals surface area contributed by atoms with Crippen molar-refractivity contribution in [1.82, 2.24) is 4.90 Å². The molecular weight excluding hydrogens is 504 g/mol. The molecule has 0 radical (unpaired) electrons. The minimum absolute atomic E-state index is 0.0400. The average Bonchev–Trinajstić information content (AvgIpc) is 3.26. The van der Waals surface area contributed by atoms with Gasteiger partial charge in [0.1, 0.15) is 6.10 Å². The number of carbonyl (C=O) groups is 1. The molecule has 0 bridgehead atoms. The highest BCUT2D eigenvalue weighted by Gasteiger charge is 2.48. The van der Waals surface area contributed by atoms with Crippen LogP contribution in [0.25, 0.3) is 0 Å². The maximum Gasteiger partial charge on any atom is 0.416 e. The van der Waals surface area contributed by atoms with Crippen LogP contribution in [0.1, 0.15) is 52.7 Å². The molecule has 0 spiro atoms. The van der Waals surface area contributed by atoms with Crippen molar-refractivity contribution in [3.8, 4) is 0 Å². The van der Waals surface area contributed by atoms with Crippen LogP contribution in [0, 0.1) is 18.8 Å². The number of ether oxygens (including phenoxy) is 1. The second kappa shape index (κ2) is 10.2. The fourth-order valence-corrected chi connectivity index (χ4v) is 5.75. The second-order valence-electron chi connectivity index (χ2n) is 9.76. The first kappa shape index (κ1) is 27.3. The number of aryl methyl sites for hydroxylation is 1. The van der Waals surface area contributed by atoms with Gasteiger partial charge in [-0.25, -0.2) is 4.79 Å². The lowest BCUT2D eigenvalue weighted by Gasteiger charge is -2.41. The molecule has 202 valence electrons. The average molecular weight is 531 g/mol. The molecule has 2 N–H and O–H groups in total. The normalized spacial score (nSPS) is 25.1. The molecule has 37 heavy (non-hydrogen) atoms. The number of amides is 1. The van der Waals surface area contributed by atoms with Gasteiger partial charge in [-0.15, -0.1) is 0 Å². The van der Waals surface area contributed by atoms with Crippen molar-refractivity contribution in [3.63, 3.8) is 0 Å². The Morgan fingerprint density at radius 2 is 1.65 bits per heavy atom. The van der Waals surface area contributed by atoms with Crippen molar-refractivity contribution in [1.29, 1.82) is 0 Å². The van der Waals surface area contributed by atoms with E-state index < -0.39 is 54.0 Å². The number of aliphatic hydroxyl groups excluding tert-OH is 1. The number of hydrogen-bond acceptors (Lipinski definition) is 3. The summed E-state index contributed by atoms with van der Waals surface area (Å²) in [4.78, 5) is 13.0. The first-order chi connectivity index (χ1) is 17.3. The highest BCUT2D eigenvalue weighted by molar-refractivity contribution is 5.65. The van der Waals surface area contributed by atoms with Gasteiger partial charge in [0.2, 0.25) is 0 Å². The maximum absolute atomic E-state index is 13.4. The summed E-state index contributed by atoms with van der Waals surface area (Å²) in [5, 5.41) is 19.6. The summed E-state index contributed by atoms with van der Waals surface area (Å²) in [6.07, 6.45) is -12.2. The van der Waals surface area contributed by atoms with E-state index in [1.54, 1.807) is 0 Å². The number of halogens is 6. The molecule has 1 heterocycles. The Hall–Kier alpha value is -2.79. The summed E-state index contributed by atoms with van der Waals surface area (Å²) in [5.74, 6) is -0.465. The zero-order valence-corrected chi connectivity index (χ0v) is 19.9. The molecule has 2 aromatic carbocycles. The van der Waals surface area contributed by atoms with Crippen LogP contribution >= 0.6 is 0 Å². The zero-order valence-electron chi connectivity index (χ0n) is 19.9. The van der Waals surface area contributed by atoms with Crippen LogP contribution in [0.2, 0.25) is 0 Å². The van der Waals surface area contributed by atoms with Gasteiger partial charge in [0, 0.05) is 19.0 Å². The molecule has 0 unspecified atom stereocenters. The van der Waals surface area contributed by atoms with E-state index in [-0.39, 0.29) is 30.4 Å². The van der Waals surface area contributed by atoms with E-state index in [1.165, 1.54) is 4.90 Å². The molecule has 2 aliphatic rings.